The Morgan fingerprint density at radius 3 is 2.70 bits per heavy atom. The first kappa shape index (κ1) is 13.2. The van der Waals surface area contributed by atoms with Gasteiger partial charge in [-0.25, -0.2) is 0 Å². The molecule has 0 amide bonds. The lowest BCUT2D eigenvalue weighted by atomic mass is 10.0. The minimum Gasteiger partial charge on any atom is -0.487 e. The topological polar surface area (TPSA) is 29.5 Å². The van der Waals surface area contributed by atoms with E-state index in [1.165, 1.54) is 4.88 Å². The molecule has 0 saturated heterocycles. The third-order valence-corrected chi connectivity index (χ3v) is 4.15. The lowest BCUT2D eigenvalue weighted by molar-refractivity contribution is 0.191. The Morgan fingerprint density at radius 1 is 1.10 bits per heavy atom. The largest absolute Gasteiger partial charge is 0.487 e. The molecule has 1 N–H and O–H groups in total. The Labute approximate surface area is 122 Å². The van der Waals surface area contributed by atoms with Gasteiger partial charge in [-0.05, 0) is 23.8 Å². The Bertz CT molecular complexity index is 702. The van der Waals surface area contributed by atoms with Crippen LogP contribution in [0.2, 0.25) is 0 Å². The summed E-state index contributed by atoms with van der Waals surface area (Å²) in [6.07, 6.45) is -0.544. The summed E-state index contributed by atoms with van der Waals surface area (Å²) < 4.78 is 6.01. The van der Waals surface area contributed by atoms with Crippen molar-refractivity contribution in [3.05, 3.63) is 64.4 Å². The Balaban J connectivity index is 2.03. The molecule has 0 spiro atoms. The van der Waals surface area contributed by atoms with Gasteiger partial charge in [0, 0.05) is 15.8 Å². The van der Waals surface area contributed by atoms with Crippen LogP contribution in [-0.4, -0.2) is 5.11 Å². The van der Waals surface area contributed by atoms with E-state index in [9.17, 15) is 5.11 Å². The van der Waals surface area contributed by atoms with E-state index < -0.39 is 6.10 Å². The second-order valence-electron chi connectivity index (χ2n) is 4.75. The van der Waals surface area contributed by atoms with Crippen LogP contribution >= 0.6 is 11.3 Å². The van der Waals surface area contributed by atoms with Crippen molar-refractivity contribution >= 4 is 22.1 Å². The Hall–Kier alpha value is -1.84. The molecule has 3 aromatic rings. The van der Waals surface area contributed by atoms with Crippen LogP contribution in [0.3, 0.4) is 0 Å². The highest BCUT2D eigenvalue weighted by atomic mass is 32.1. The van der Waals surface area contributed by atoms with Gasteiger partial charge >= 0.3 is 0 Å². The maximum Gasteiger partial charge on any atom is 0.133 e. The van der Waals surface area contributed by atoms with Gasteiger partial charge < -0.3 is 9.84 Å². The van der Waals surface area contributed by atoms with Crippen molar-refractivity contribution in [1.82, 2.24) is 0 Å². The molecule has 3 heteroatoms. The smallest absolute Gasteiger partial charge is 0.133 e. The number of thiophene rings is 1. The fourth-order valence-electron chi connectivity index (χ4n) is 2.29. The second kappa shape index (κ2) is 5.65. The average Bonchev–Trinajstić information content (AvgIpc) is 2.97. The molecule has 1 heterocycles. The van der Waals surface area contributed by atoms with Crippen molar-refractivity contribution in [1.29, 1.82) is 0 Å². The van der Waals surface area contributed by atoms with Crippen LogP contribution in [0.5, 0.6) is 5.75 Å². The average molecular weight is 284 g/mol. The molecule has 0 bridgehead atoms. The number of ether oxygens (including phenoxy) is 1. The molecule has 102 valence electrons. The normalized spacial score (nSPS) is 12.5. The predicted octanol–water partition coefficient (Wildman–Crippen LogP) is 4.53. The van der Waals surface area contributed by atoms with Crippen molar-refractivity contribution in [3.63, 3.8) is 0 Å². The van der Waals surface area contributed by atoms with Crippen LogP contribution in [0.1, 0.15) is 23.5 Å². The van der Waals surface area contributed by atoms with E-state index in [0.29, 0.717) is 6.61 Å². The second-order valence-corrected chi connectivity index (χ2v) is 5.78. The third kappa shape index (κ3) is 2.55. The number of benzene rings is 2. The summed E-state index contributed by atoms with van der Waals surface area (Å²) in [6.45, 7) is 2.30. The molecule has 0 fully saturated rings. The van der Waals surface area contributed by atoms with E-state index in [2.05, 4.69) is 12.1 Å². The van der Waals surface area contributed by atoms with Gasteiger partial charge in [-0.3, -0.25) is 0 Å². The highest BCUT2D eigenvalue weighted by molar-refractivity contribution is 7.09. The van der Waals surface area contributed by atoms with Gasteiger partial charge in [-0.1, -0.05) is 42.5 Å². The molecule has 2 nitrogen and oxygen atoms in total. The Morgan fingerprint density at radius 2 is 1.95 bits per heavy atom. The van der Waals surface area contributed by atoms with Crippen molar-refractivity contribution in [3.8, 4) is 5.75 Å². The number of rotatable bonds is 4. The molecule has 1 atom stereocenters. The molecule has 1 unspecified atom stereocenters. The lowest BCUT2D eigenvalue weighted by Gasteiger charge is -2.15. The summed E-state index contributed by atoms with van der Waals surface area (Å²) >= 11 is 1.67. The van der Waals surface area contributed by atoms with Crippen molar-refractivity contribution in [2.75, 3.05) is 0 Å². The van der Waals surface area contributed by atoms with E-state index in [-0.39, 0.29) is 0 Å². The van der Waals surface area contributed by atoms with Crippen LogP contribution in [0, 0.1) is 0 Å². The molecule has 0 aliphatic carbocycles. The maximum atomic E-state index is 9.94. The molecule has 0 saturated carbocycles. The van der Waals surface area contributed by atoms with Crippen LogP contribution in [0.4, 0.5) is 0 Å². The maximum absolute atomic E-state index is 9.94. The fraction of sp³-hybridized carbons (Fsp3) is 0.176. The summed E-state index contributed by atoms with van der Waals surface area (Å²) in [6, 6.07) is 16.1. The van der Waals surface area contributed by atoms with E-state index in [0.717, 1.165) is 22.1 Å². The molecule has 2 aromatic carbocycles. The zero-order chi connectivity index (χ0) is 13.9. The molecule has 3 rings (SSSR count). The summed E-state index contributed by atoms with van der Waals surface area (Å²) in [5.41, 5.74) is 0.834. The molecule has 0 aliphatic heterocycles. The highest BCUT2D eigenvalue weighted by Gasteiger charge is 2.13. The van der Waals surface area contributed by atoms with Gasteiger partial charge in [0.1, 0.15) is 12.4 Å². The quantitative estimate of drug-likeness (QED) is 0.762. The zero-order valence-corrected chi connectivity index (χ0v) is 12.1. The minimum absolute atomic E-state index is 0.533. The van der Waals surface area contributed by atoms with Gasteiger partial charge in [0.2, 0.25) is 0 Å². The van der Waals surface area contributed by atoms with Gasteiger partial charge in [-0.2, -0.15) is 0 Å². The fourth-order valence-corrected chi connectivity index (χ4v) is 2.90. The van der Waals surface area contributed by atoms with Crippen molar-refractivity contribution < 1.29 is 9.84 Å². The molecule has 1 aromatic heterocycles. The number of fused-ring (bicyclic) bond motifs is 1. The van der Waals surface area contributed by atoms with E-state index in [4.69, 9.17) is 4.74 Å². The summed E-state index contributed by atoms with van der Waals surface area (Å²) in [5, 5.41) is 14.2. The molecule has 0 aliphatic rings. The van der Waals surface area contributed by atoms with Crippen LogP contribution in [0.25, 0.3) is 10.8 Å². The van der Waals surface area contributed by atoms with Gasteiger partial charge in [0.25, 0.3) is 0 Å². The standard InChI is InChI=1S/C17H16O2S/c1-12(18)15-9-8-13-5-2-3-7-16(13)17(15)19-11-14-6-4-10-20-14/h2-10,12,18H,11H2,1H3. The minimum atomic E-state index is -0.544. The summed E-state index contributed by atoms with van der Waals surface area (Å²) in [4.78, 5) is 1.18. The van der Waals surface area contributed by atoms with Crippen LogP contribution < -0.4 is 4.74 Å². The summed E-state index contributed by atoms with van der Waals surface area (Å²) in [5.74, 6) is 0.784. The Kier molecular flexibility index (Phi) is 3.72. The molecular formula is C17H16O2S. The van der Waals surface area contributed by atoms with Gasteiger partial charge in [-0.15, -0.1) is 11.3 Å². The molecule has 0 radical (unpaired) electrons. The van der Waals surface area contributed by atoms with Crippen molar-refractivity contribution in [2.24, 2.45) is 0 Å². The number of hydrogen-bond acceptors (Lipinski definition) is 3. The van der Waals surface area contributed by atoms with Crippen LogP contribution in [0.15, 0.2) is 53.9 Å². The first-order chi connectivity index (χ1) is 9.75. The monoisotopic (exact) mass is 284 g/mol. The predicted molar refractivity (Wildman–Crippen MR) is 83.2 cm³/mol. The van der Waals surface area contributed by atoms with Gasteiger partial charge in [0.05, 0.1) is 6.10 Å². The number of hydrogen-bond donors (Lipinski definition) is 1. The third-order valence-electron chi connectivity index (χ3n) is 3.30. The number of aliphatic hydroxyl groups is 1. The van der Waals surface area contributed by atoms with E-state index >= 15 is 0 Å². The first-order valence-corrected chi connectivity index (χ1v) is 7.48. The number of aliphatic hydroxyl groups excluding tert-OH is 1. The van der Waals surface area contributed by atoms with E-state index in [1.54, 1.807) is 18.3 Å². The molecule has 20 heavy (non-hydrogen) atoms. The highest BCUT2D eigenvalue weighted by Crippen LogP contribution is 2.34. The summed E-state index contributed by atoms with van der Waals surface area (Å²) in [7, 11) is 0. The zero-order valence-electron chi connectivity index (χ0n) is 11.2. The van der Waals surface area contributed by atoms with Gasteiger partial charge in [0.15, 0.2) is 0 Å². The van der Waals surface area contributed by atoms with Crippen LogP contribution in [-0.2, 0) is 6.61 Å². The van der Waals surface area contributed by atoms with Crippen molar-refractivity contribution in [2.45, 2.75) is 19.6 Å². The SMILES string of the molecule is CC(O)c1ccc2ccccc2c1OCc1cccs1. The van der Waals surface area contributed by atoms with E-state index in [1.807, 2.05) is 41.8 Å². The molecular weight excluding hydrogens is 268 g/mol. The first-order valence-electron chi connectivity index (χ1n) is 6.60. The lowest BCUT2D eigenvalue weighted by Crippen LogP contribution is -2.01.